The number of nitrogens with zero attached hydrogens (tertiary/aromatic N) is 1. The number of carboxylic acids is 1. The summed E-state index contributed by atoms with van der Waals surface area (Å²) in [6.07, 6.45) is 0. The van der Waals surface area contributed by atoms with Crippen LogP contribution >= 0.6 is 23.2 Å². The number of hydrogen-bond acceptors (Lipinski definition) is 6. The SMILES string of the molecule is O=C(O)c1ccc(Cl)c(-c2ccc(CNCCNc3ccc([N+](=O)[O-])cc3Cl)o2)c1. The van der Waals surface area contributed by atoms with Gasteiger partial charge in [0.15, 0.2) is 0 Å². The molecule has 0 unspecified atom stereocenters. The number of nitro benzene ring substituents is 1. The summed E-state index contributed by atoms with van der Waals surface area (Å²) >= 11 is 12.2. The molecule has 156 valence electrons. The second-order valence-corrected chi connectivity index (χ2v) is 7.10. The first-order valence-corrected chi connectivity index (χ1v) is 9.61. The normalized spacial score (nSPS) is 10.7. The summed E-state index contributed by atoms with van der Waals surface area (Å²) in [5, 5.41) is 26.8. The van der Waals surface area contributed by atoms with E-state index in [1.54, 1.807) is 18.2 Å². The van der Waals surface area contributed by atoms with Crippen LogP contribution < -0.4 is 10.6 Å². The summed E-state index contributed by atoms with van der Waals surface area (Å²) in [5.41, 5.74) is 1.18. The van der Waals surface area contributed by atoms with Crippen LogP contribution in [0, 0.1) is 10.1 Å². The van der Waals surface area contributed by atoms with E-state index in [0.29, 0.717) is 47.4 Å². The van der Waals surface area contributed by atoms with E-state index < -0.39 is 10.9 Å². The number of carbonyl (C=O) groups is 1. The first-order chi connectivity index (χ1) is 14.3. The zero-order valence-corrected chi connectivity index (χ0v) is 17.0. The number of nitrogens with one attached hydrogen (secondary N) is 2. The molecule has 0 bridgehead atoms. The van der Waals surface area contributed by atoms with E-state index in [0.717, 1.165) is 0 Å². The van der Waals surface area contributed by atoms with Crippen molar-refractivity contribution in [3.8, 4) is 11.3 Å². The summed E-state index contributed by atoms with van der Waals surface area (Å²) in [4.78, 5) is 21.4. The summed E-state index contributed by atoms with van der Waals surface area (Å²) in [6, 6.07) is 12.2. The number of halogens is 2. The molecule has 0 radical (unpaired) electrons. The molecule has 1 aromatic heterocycles. The van der Waals surface area contributed by atoms with Crippen molar-refractivity contribution in [2.45, 2.75) is 6.54 Å². The maximum Gasteiger partial charge on any atom is 0.335 e. The van der Waals surface area contributed by atoms with E-state index in [9.17, 15) is 14.9 Å². The molecule has 10 heteroatoms. The lowest BCUT2D eigenvalue weighted by Gasteiger charge is -2.08. The van der Waals surface area contributed by atoms with Crippen LogP contribution in [0.15, 0.2) is 52.9 Å². The Hall–Kier alpha value is -3.07. The fraction of sp³-hybridized carbons (Fsp3) is 0.150. The van der Waals surface area contributed by atoms with E-state index in [1.165, 1.54) is 30.3 Å². The fourth-order valence-electron chi connectivity index (χ4n) is 2.72. The van der Waals surface area contributed by atoms with Gasteiger partial charge in [-0.3, -0.25) is 10.1 Å². The number of nitro groups is 1. The molecule has 3 aromatic rings. The lowest BCUT2D eigenvalue weighted by molar-refractivity contribution is -0.384. The Morgan fingerprint density at radius 3 is 2.57 bits per heavy atom. The van der Waals surface area contributed by atoms with Gasteiger partial charge in [-0.2, -0.15) is 0 Å². The van der Waals surface area contributed by atoms with Crippen molar-refractivity contribution in [2.24, 2.45) is 0 Å². The number of non-ortho nitro benzene ring substituents is 1. The van der Waals surface area contributed by atoms with Crippen LogP contribution in [0.2, 0.25) is 10.0 Å². The second-order valence-electron chi connectivity index (χ2n) is 6.29. The van der Waals surface area contributed by atoms with Crippen LogP contribution in [0.25, 0.3) is 11.3 Å². The van der Waals surface area contributed by atoms with Crippen molar-refractivity contribution < 1.29 is 19.2 Å². The van der Waals surface area contributed by atoms with Gasteiger partial charge in [-0.15, -0.1) is 0 Å². The number of anilines is 1. The van der Waals surface area contributed by atoms with Crippen molar-refractivity contribution in [3.63, 3.8) is 0 Å². The van der Waals surface area contributed by atoms with Crippen LogP contribution in [-0.4, -0.2) is 29.1 Å². The Morgan fingerprint density at radius 2 is 1.87 bits per heavy atom. The van der Waals surface area contributed by atoms with Crippen molar-refractivity contribution in [1.82, 2.24) is 5.32 Å². The van der Waals surface area contributed by atoms with Crippen LogP contribution in [0.3, 0.4) is 0 Å². The quantitative estimate of drug-likeness (QED) is 0.237. The number of aromatic carboxylic acids is 1. The monoisotopic (exact) mass is 449 g/mol. The van der Waals surface area contributed by atoms with E-state index in [-0.39, 0.29) is 16.3 Å². The van der Waals surface area contributed by atoms with Gasteiger partial charge in [0, 0.05) is 30.8 Å². The molecule has 1 heterocycles. The third-order valence-corrected chi connectivity index (χ3v) is 4.86. The van der Waals surface area contributed by atoms with Gasteiger partial charge in [-0.1, -0.05) is 23.2 Å². The van der Waals surface area contributed by atoms with Gasteiger partial charge < -0.3 is 20.2 Å². The molecule has 0 aliphatic carbocycles. The van der Waals surface area contributed by atoms with Crippen molar-refractivity contribution in [2.75, 3.05) is 18.4 Å². The number of furan rings is 1. The van der Waals surface area contributed by atoms with Gasteiger partial charge >= 0.3 is 5.97 Å². The van der Waals surface area contributed by atoms with Crippen LogP contribution in [0.4, 0.5) is 11.4 Å². The molecule has 0 saturated carbocycles. The minimum atomic E-state index is -1.04. The summed E-state index contributed by atoms with van der Waals surface area (Å²) in [6.45, 7) is 1.57. The molecule has 8 nitrogen and oxygen atoms in total. The highest BCUT2D eigenvalue weighted by molar-refractivity contribution is 6.33. The topological polar surface area (TPSA) is 118 Å². The number of hydrogen-bond donors (Lipinski definition) is 3. The molecule has 3 N–H and O–H groups in total. The standard InChI is InChI=1S/C20H17Cl2N3O5/c21-16-4-1-12(20(26)27)9-15(16)19-6-3-14(30-19)11-23-7-8-24-18-5-2-13(25(28)29)10-17(18)22/h1-6,9-10,23-24H,7-8,11H2,(H,26,27). The van der Waals surface area contributed by atoms with E-state index in [2.05, 4.69) is 10.6 Å². The van der Waals surface area contributed by atoms with Gasteiger partial charge in [0.1, 0.15) is 11.5 Å². The molecule has 2 aromatic carbocycles. The lowest BCUT2D eigenvalue weighted by Crippen LogP contribution is -2.21. The average molecular weight is 450 g/mol. The van der Waals surface area contributed by atoms with Gasteiger partial charge in [0.05, 0.1) is 32.8 Å². The largest absolute Gasteiger partial charge is 0.478 e. The molecule has 0 aliphatic rings. The van der Waals surface area contributed by atoms with E-state index in [4.69, 9.17) is 32.7 Å². The Labute approximate surface area is 181 Å². The van der Waals surface area contributed by atoms with Crippen LogP contribution in [-0.2, 0) is 6.54 Å². The number of rotatable bonds is 9. The Kier molecular flexibility index (Phi) is 6.94. The maximum absolute atomic E-state index is 11.1. The molecular formula is C20H17Cl2N3O5. The van der Waals surface area contributed by atoms with Gasteiger partial charge in [0.2, 0.25) is 0 Å². The Morgan fingerprint density at radius 1 is 1.07 bits per heavy atom. The first-order valence-electron chi connectivity index (χ1n) is 8.85. The predicted octanol–water partition coefficient (Wildman–Crippen LogP) is 5.06. The van der Waals surface area contributed by atoms with Crippen LogP contribution in [0.5, 0.6) is 0 Å². The molecule has 0 atom stereocenters. The molecule has 0 fully saturated rings. The second kappa shape index (κ2) is 9.62. The minimum absolute atomic E-state index is 0.0636. The molecule has 30 heavy (non-hydrogen) atoms. The maximum atomic E-state index is 11.1. The van der Waals surface area contributed by atoms with Crippen molar-refractivity contribution in [1.29, 1.82) is 0 Å². The van der Waals surface area contributed by atoms with Gasteiger partial charge in [-0.05, 0) is 36.4 Å². The highest BCUT2D eigenvalue weighted by Gasteiger charge is 2.13. The van der Waals surface area contributed by atoms with Crippen molar-refractivity contribution >= 4 is 40.5 Å². The third-order valence-electron chi connectivity index (χ3n) is 4.22. The van der Waals surface area contributed by atoms with E-state index >= 15 is 0 Å². The third kappa shape index (κ3) is 5.29. The first kappa shape index (κ1) is 21.6. The zero-order valence-electron chi connectivity index (χ0n) is 15.5. The molecule has 3 rings (SSSR count). The smallest absolute Gasteiger partial charge is 0.335 e. The Bertz CT molecular complexity index is 1080. The molecule has 0 spiro atoms. The summed E-state index contributed by atoms with van der Waals surface area (Å²) < 4.78 is 5.76. The number of benzene rings is 2. The summed E-state index contributed by atoms with van der Waals surface area (Å²) in [7, 11) is 0. The average Bonchev–Trinajstić information content (AvgIpc) is 3.17. The van der Waals surface area contributed by atoms with Crippen molar-refractivity contribution in [3.05, 3.63) is 80.0 Å². The summed E-state index contributed by atoms with van der Waals surface area (Å²) in [5.74, 6) is 0.104. The highest BCUT2D eigenvalue weighted by atomic mass is 35.5. The molecular weight excluding hydrogens is 433 g/mol. The zero-order chi connectivity index (χ0) is 21.7. The minimum Gasteiger partial charge on any atom is -0.478 e. The Balaban J connectivity index is 1.51. The highest BCUT2D eigenvalue weighted by Crippen LogP contribution is 2.30. The molecule has 0 amide bonds. The van der Waals surface area contributed by atoms with Gasteiger partial charge in [-0.25, -0.2) is 4.79 Å². The van der Waals surface area contributed by atoms with E-state index in [1.807, 2.05) is 0 Å². The molecule has 0 saturated heterocycles. The van der Waals surface area contributed by atoms with Gasteiger partial charge in [0.25, 0.3) is 5.69 Å². The van der Waals surface area contributed by atoms with Crippen LogP contribution in [0.1, 0.15) is 16.1 Å². The predicted molar refractivity (Wildman–Crippen MR) is 114 cm³/mol. The molecule has 0 aliphatic heterocycles. The number of carboxylic acid groups (broad SMARTS) is 1. The lowest BCUT2D eigenvalue weighted by atomic mass is 10.1. The fourth-order valence-corrected chi connectivity index (χ4v) is 3.18.